The van der Waals surface area contributed by atoms with Gasteiger partial charge in [0.15, 0.2) is 11.5 Å². The maximum atomic E-state index is 12.2. The van der Waals surface area contributed by atoms with Crippen molar-refractivity contribution >= 4 is 11.6 Å². The van der Waals surface area contributed by atoms with Crippen molar-refractivity contribution in [1.29, 1.82) is 0 Å². The number of hydrogen-bond acceptors (Lipinski definition) is 4. The molecule has 0 aromatic heterocycles. The summed E-state index contributed by atoms with van der Waals surface area (Å²) in [7, 11) is 1.62. The fraction of sp³-hybridized carbons (Fsp3) is 0.650. The van der Waals surface area contributed by atoms with E-state index in [2.05, 4.69) is 37.9 Å². The highest BCUT2D eigenvalue weighted by Crippen LogP contribution is 2.30. The lowest BCUT2D eigenvalue weighted by molar-refractivity contribution is -0.117. The molecule has 0 aliphatic heterocycles. The number of anilines is 1. The van der Waals surface area contributed by atoms with Gasteiger partial charge in [0.1, 0.15) is 6.61 Å². The van der Waals surface area contributed by atoms with E-state index in [0.717, 1.165) is 38.2 Å². The topological polar surface area (TPSA) is 50.8 Å². The van der Waals surface area contributed by atoms with Crippen LogP contribution in [0.15, 0.2) is 18.2 Å². The molecule has 1 aromatic carbocycles. The monoisotopic (exact) mass is 350 g/mol. The molecule has 25 heavy (non-hydrogen) atoms. The minimum Gasteiger partial charge on any atom is -0.493 e. The third kappa shape index (κ3) is 7.78. The van der Waals surface area contributed by atoms with Crippen molar-refractivity contribution in [3.8, 4) is 11.5 Å². The van der Waals surface area contributed by atoms with Gasteiger partial charge in [0, 0.05) is 24.7 Å². The van der Waals surface area contributed by atoms with Crippen LogP contribution in [-0.4, -0.2) is 44.2 Å². The summed E-state index contributed by atoms with van der Waals surface area (Å²) in [5.41, 5.74) is 0.743. The van der Waals surface area contributed by atoms with Gasteiger partial charge in [-0.15, -0.1) is 0 Å². The van der Waals surface area contributed by atoms with Crippen molar-refractivity contribution in [2.24, 2.45) is 5.92 Å². The van der Waals surface area contributed by atoms with Crippen LogP contribution in [-0.2, 0) is 4.79 Å². The zero-order valence-corrected chi connectivity index (χ0v) is 16.4. The van der Waals surface area contributed by atoms with Gasteiger partial charge in [0.05, 0.1) is 7.11 Å². The molecule has 0 saturated heterocycles. The molecule has 1 rings (SSSR count). The van der Waals surface area contributed by atoms with Crippen LogP contribution in [0.4, 0.5) is 5.69 Å². The van der Waals surface area contributed by atoms with E-state index >= 15 is 0 Å². The van der Waals surface area contributed by atoms with E-state index in [4.69, 9.17) is 9.47 Å². The number of carbonyl (C=O) groups excluding carboxylic acids is 1. The van der Waals surface area contributed by atoms with Crippen LogP contribution in [0.1, 0.15) is 47.0 Å². The Balaban J connectivity index is 2.66. The Bertz CT molecular complexity index is 516. The number of rotatable bonds is 12. The summed E-state index contributed by atoms with van der Waals surface area (Å²) >= 11 is 0. The van der Waals surface area contributed by atoms with Gasteiger partial charge in [-0.25, -0.2) is 0 Å². The lowest BCUT2D eigenvalue weighted by atomic mass is 10.0. The van der Waals surface area contributed by atoms with Gasteiger partial charge < -0.3 is 19.7 Å². The molecule has 0 heterocycles. The predicted octanol–water partition coefficient (Wildman–Crippen LogP) is 4.18. The molecule has 5 heteroatoms. The summed E-state index contributed by atoms with van der Waals surface area (Å²) in [6.07, 6.45) is 2.70. The van der Waals surface area contributed by atoms with Crippen LogP contribution < -0.4 is 14.8 Å². The van der Waals surface area contributed by atoms with Crippen molar-refractivity contribution in [2.45, 2.75) is 47.0 Å². The van der Waals surface area contributed by atoms with E-state index in [1.807, 2.05) is 18.2 Å². The molecule has 1 aromatic rings. The fourth-order valence-electron chi connectivity index (χ4n) is 2.82. The van der Waals surface area contributed by atoms with Gasteiger partial charge in [0.2, 0.25) is 5.91 Å². The van der Waals surface area contributed by atoms with Gasteiger partial charge in [-0.2, -0.15) is 0 Å². The summed E-state index contributed by atoms with van der Waals surface area (Å²) in [5.74, 6) is 1.78. The molecular weight excluding hydrogens is 316 g/mol. The van der Waals surface area contributed by atoms with Crippen molar-refractivity contribution < 1.29 is 14.3 Å². The number of nitrogens with zero attached hydrogens (tertiary/aromatic N) is 1. The molecular formula is C20H34N2O3. The van der Waals surface area contributed by atoms with Crippen LogP contribution >= 0.6 is 0 Å². The van der Waals surface area contributed by atoms with E-state index < -0.39 is 0 Å². The van der Waals surface area contributed by atoms with Crippen LogP contribution in [0.25, 0.3) is 0 Å². The molecule has 142 valence electrons. The van der Waals surface area contributed by atoms with E-state index in [1.54, 1.807) is 7.11 Å². The number of ether oxygens (including phenoxy) is 2. The van der Waals surface area contributed by atoms with E-state index in [9.17, 15) is 4.79 Å². The average Bonchev–Trinajstić information content (AvgIpc) is 2.59. The standard InChI is InChI=1S/C20H34N2O3/c1-6-9-16(4)14-20(23)21-17-10-11-18(24-5)19(15-17)25-13-12-22(7-2)8-3/h10-11,15-16H,6-9,12-14H2,1-5H3,(H,21,23). The number of amides is 1. The van der Waals surface area contributed by atoms with Crippen molar-refractivity contribution in [2.75, 3.05) is 38.7 Å². The molecule has 1 N–H and O–H groups in total. The second kappa shape index (κ2) is 11.7. The predicted molar refractivity (Wildman–Crippen MR) is 104 cm³/mol. The number of likely N-dealkylation sites (N-methyl/N-ethyl adjacent to an activating group) is 1. The number of nitrogens with one attached hydrogen (secondary N) is 1. The number of methoxy groups -OCH3 is 1. The van der Waals surface area contributed by atoms with Crippen LogP contribution in [0.2, 0.25) is 0 Å². The first-order chi connectivity index (χ1) is 12.0. The van der Waals surface area contributed by atoms with Crippen molar-refractivity contribution in [3.05, 3.63) is 18.2 Å². The summed E-state index contributed by atoms with van der Waals surface area (Å²) in [6.45, 7) is 12.0. The van der Waals surface area contributed by atoms with Crippen LogP contribution in [0.5, 0.6) is 11.5 Å². The largest absolute Gasteiger partial charge is 0.493 e. The Morgan fingerprint density at radius 1 is 1.20 bits per heavy atom. The highest BCUT2D eigenvalue weighted by atomic mass is 16.5. The number of benzene rings is 1. The van der Waals surface area contributed by atoms with Crippen LogP contribution in [0.3, 0.4) is 0 Å². The van der Waals surface area contributed by atoms with Gasteiger partial charge in [-0.05, 0) is 31.1 Å². The minimum atomic E-state index is 0.0419. The maximum absolute atomic E-state index is 12.2. The van der Waals surface area contributed by atoms with Gasteiger partial charge >= 0.3 is 0 Å². The molecule has 5 nitrogen and oxygen atoms in total. The Kier molecular flexibility index (Phi) is 10.0. The highest BCUT2D eigenvalue weighted by Gasteiger charge is 2.11. The second-order valence-electron chi connectivity index (χ2n) is 6.39. The van der Waals surface area contributed by atoms with E-state index in [1.165, 1.54) is 0 Å². The molecule has 1 amide bonds. The van der Waals surface area contributed by atoms with E-state index in [-0.39, 0.29) is 5.91 Å². The smallest absolute Gasteiger partial charge is 0.224 e. The molecule has 1 unspecified atom stereocenters. The third-order valence-corrected chi connectivity index (χ3v) is 4.32. The number of carbonyl (C=O) groups is 1. The summed E-state index contributed by atoms with van der Waals surface area (Å²) in [6, 6.07) is 5.51. The highest BCUT2D eigenvalue weighted by molar-refractivity contribution is 5.91. The Hall–Kier alpha value is -1.75. The summed E-state index contributed by atoms with van der Waals surface area (Å²) in [4.78, 5) is 14.5. The van der Waals surface area contributed by atoms with Crippen molar-refractivity contribution in [3.63, 3.8) is 0 Å². The lowest BCUT2D eigenvalue weighted by Gasteiger charge is -2.19. The van der Waals surface area contributed by atoms with Crippen molar-refractivity contribution in [1.82, 2.24) is 4.90 Å². The Labute approximate surface area is 152 Å². The molecule has 0 spiro atoms. The summed E-state index contributed by atoms with van der Waals surface area (Å²) in [5, 5.41) is 2.96. The SMILES string of the molecule is CCCC(C)CC(=O)Nc1ccc(OC)c(OCCN(CC)CC)c1. The lowest BCUT2D eigenvalue weighted by Crippen LogP contribution is -2.28. The minimum absolute atomic E-state index is 0.0419. The maximum Gasteiger partial charge on any atom is 0.224 e. The first-order valence-electron chi connectivity index (χ1n) is 9.36. The first-order valence-corrected chi connectivity index (χ1v) is 9.36. The zero-order chi connectivity index (χ0) is 18.7. The molecule has 0 aliphatic carbocycles. The van der Waals surface area contributed by atoms with Gasteiger partial charge in [-0.3, -0.25) is 4.79 Å². The average molecular weight is 351 g/mol. The molecule has 0 aliphatic rings. The molecule has 0 bridgehead atoms. The third-order valence-electron chi connectivity index (χ3n) is 4.32. The Morgan fingerprint density at radius 3 is 2.52 bits per heavy atom. The number of hydrogen-bond donors (Lipinski definition) is 1. The quantitative estimate of drug-likeness (QED) is 0.614. The molecule has 0 saturated carbocycles. The summed E-state index contributed by atoms with van der Waals surface area (Å²) < 4.78 is 11.2. The second-order valence-corrected chi connectivity index (χ2v) is 6.39. The van der Waals surface area contributed by atoms with Gasteiger partial charge in [-0.1, -0.05) is 40.5 Å². The zero-order valence-electron chi connectivity index (χ0n) is 16.4. The fourth-order valence-corrected chi connectivity index (χ4v) is 2.82. The normalized spacial score (nSPS) is 12.1. The van der Waals surface area contributed by atoms with Crippen LogP contribution in [0, 0.1) is 5.92 Å². The molecule has 0 radical (unpaired) electrons. The first kappa shape index (κ1) is 21.3. The van der Waals surface area contributed by atoms with E-state index in [0.29, 0.717) is 30.4 Å². The Morgan fingerprint density at radius 2 is 1.92 bits per heavy atom. The van der Waals surface area contributed by atoms with Gasteiger partial charge in [0.25, 0.3) is 0 Å². The molecule has 0 fully saturated rings. The molecule has 1 atom stereocenters.